The molecular formula is C13H15NO3S2. The number of hydrogen-bond acceptors (Lipinski definition) is 5. The minimum atomic E-state index is -0.942. The number of thiazole rings is 1. The molecule has 2 heterocycles. The Balaban J connectivity index is 2.16. The second kappa shape index (κ2) is 5.71. The number of ether oxygens (including phenoxy) is 1. The molecule has 0 unspecified atom stereocenters. The monoisotopic (exact) mass is 297 g/mol. The number of carboxylic acid groups (broad SMARTS) is 1. The highest BCUT2D eigenvalue weighted by Crippen LogP contribution is 2.34. The van der Waals surface area contributed by atoms with Crippen molar-refractivity contribution in [2.75, 3.05) is 0 Å². The fourth-order valence-electron chi connectivity index (χ4n) is 1.54. The Kier molecular flexibility index (Phi) is 4.21. The summed E-state index contributed by atoms with van der Waals surface area (Å²) in [6.45, 7) is 6.30. The lowest BCUT2D eigenvalue weighted by Gasteiger charge is -2.02. The van der Waals surface area contributed by atoms with Gasteiger partial charge < -0.3 is 9.84 Å². The second-order valence-corrected chi connectivity index (χ2v) is 6.50. The lowest BCUT2D eigenvalue weighted by atomic mass is 10.2. The number of carboxylic acids is 1. The minimum Gasteiger partial charge on any atom is -0.485 e. The number of nitrogens with zero attached hydrogens (tertiary/aromatic N) is 1. The summed E-state index contributed by atoms with van der Waals surface area (Å²) in [6, 6.07) is 1.82. The zero-order valence-electron chi connectivity index (χ0n) is 11.0. The molecule has 2 aromatic rings. The van der Waals surface area contributed by atoms with E-state index in [0.717, 1.165) is 15.6 Å². The molecule has 0 atom stereocenters. The van der Waals surface area contributed by atoms with Gasteiger partial charge in [-0.1, -0.05) is 13.8 Å². The summed E-state index contributed by atoms with van der Waals surface area (Å²) in [7, 11) is 0. The molecule has 0 saturated carbocycles. The molecule has 2 aromatic heterocycles. The number of rotatable bonds is 5. The topological polar surface area (TPSA) is 59.4 Å². The van der Waals surface area contributed by atoms with E-state index in [1.807, 2.05) is 32.2 Å². The SMILES string of the molecule is Cc1csc(COc2cc(C(C)C)sc2C(=O)O)n1. The molecule has 0 aliphatic rings. The molecule has 0 aliphatic carbocycles. The fourth-order valence-corrected chi connectivity index (χ4v) is 3.17. The van der Waals surface area contributed by atoms with Crippen LogP contribution in [0.5, 0.6) is 5.75 Å². The zero-order valence-corrected chi connectivity index (χ0v) is 12.6. The average Bonchev–Trinajstić information content (AvgIpc) is 2.92. The van der Waals surface area contributed by atoms with Gasteiger partial charge in [-0.25, -0.2) is 9.78 Å². The van der Waals surface area contributed by atoms with Crippen molar-refractivity contribution >= 4 is 28.6 Å². The van der Waals surface area contributed by atoms with Gasteiger partial charge in [-0.3, -0.25) is 0 Å². The van der Waals surface area contributed by atoms with Crippen molar-refractivity contribution in [3.8, 4) is 5.75 Å². The molecule has 0 fully saturated rings. The minimum absolute atomic E-state index is 0.261. The summed E-state index contributed by atoms with van der Waals surface area (Å²) < 4.78 is 5.61. The van der Waals surface area contributed by atoms with Gasteiger partial charge in [0.2, 0.25) is 0 Å². The van der Waals surface area contributed by atoms with E-state index in [1.165, 1.54) is 22.7 Å². The van der Waals surface area contributed by atoms with Crippen molar-refractivity contribution in [1.29, 1.82) is 0 Å². The van der Waals surface area contributed by atoms with Crippen molar-refractivity contribution < 1.29 is 14.6 Å². The fraction of sp³-hybridized carbons (Fsp3) is 0.385. The summed E-state index contributed by atoms with van der Waals surface area (Å²) in [5, 5.41) is 12.0. The van der Waals surface area contributed by atoms with Crippen molar-refractivity contribution in [2.45, 2.75) is 33.3 Å². The van der Waals surface area contributed by atoms with Gasteiger partial charge in [0.1, 0.15) is 17.4 Å². The van der Waals surface area contributed by atoms with Crippen LogP contribution in [0, 0.1) is 6.92 Å². The summed E-state index contributed by atoms with van der Waals surface area (Å²) in [6.07, 6.45) is 0. The molecular weight excluding hydrogens is 282 g/mol. The molecule has 4 nitrogen and oxygen atoms in total. The Morgan fingerprint density at radius 3 is 2.79 bits per heavy atom. The van der Waals surface area contributed by atoms with E-state index in [9.17, 15) is 9.90 Å². The Hall–Kier alpha value is -1.40. The maximum atomic E-state index is 11.2. The van der Waals surface area contributed by atoms with Crippen molar-refractivity contribution in [3.63, 3.8) is 0 Å². The molecule has 0 aromatic carbocycles. The quantitative estimate of drug-likeness (QED) is 0.909. The lowest BCUT2D eigenvalue weighted by molar-refractivity contribution is 0.0697. The Morgan fingerprint density at radius 1 is 1.53 bits per heavy atom. The molecule has 102 valence electrons. The first-order valence-electron chi connectivity index (χ1n) is 5.88. The number of carbonyl (C=O) groups is 1. The number of aromatic nitrogens is 1. The summed E-state index contributed by atoms with van der Waals surface area (Å²) >= 11 is 2.79. The first-order valence-corrected chi connectivity index (χ1v) is 7.57. The third kappa shape index (κ3) is 3.33. The van der Waals surface area contributed by atoms with Gasteiger partial charge in [-0.2, -0.15) is 0 Å². The average molecular weight is 297 g/mol. The zero-order chi connectivity index (χ0) is 14.0. The van der Waals surface area contributed by atoms with Crippen LogP contribution in [0.15, 0.2) is 11.4 Å². The van der Waals surface area contributed by atoms with Crippen LogP contribution in [0.2, 0.25) is 0 Å². The lowest BCUT2D eigenvalue weighted by Crippen LogP contribution is -1.99. The van der Waals surface area contributed by atoms with Crippen LogP contribution in [0.25, 0.3) is 0 Å². The maximum absolute atomic E-state index is 11.2. The summed E-state index contributed by atoms with van der Waals surface area (Å²) in [4.78, 5) is 16.8. The molecule has 19 heavy (non-hydrogen) atoms. The molecule has 0 saturated heterocycles. The van der Waals surface area contributed by atoms with Crippen LogP contribution in [-0.2, 0) is 6.61 Å². The van der Waals surface area contributed by atoms with Gasteiger partial charge in [0, 0.05) is 16.0 Å². The largest absolute Gasteiger partial charge is 0.485 e. The van der Waals surface area contributed by atoms with E-state index in [-0.39, 0.29) is 4.88 Å². The third-order valence-electron chi connectivity index (χ3n) is 2.50. The van der Waals surface area contributed by atoms with E-state index in [1.54, 1.807) is 0 Å². The van der Waals surface area contributed by atoms with Gasteiger partial charge in [-0.15, -0.1) is 22.7 Å². The van der Waals surface area contributed by atoms with E-state index >= 15 is 0 Å². The van der Waals surface area contributed by atoms with Crippen molar-refractivity contribution in [1.82, 2.24) is 4.98 Å². The number of aryl methyl sites for hydroxylation is 1. The van der Waals surface area contributed by atoms with E-state index in [0.29, 0.717) is 18.3 Å². The number of thiophene rings is 1. The molecule has 0 amide bonds. The van der Waals surface area contributed by atoms with E-state index < -0.39 is 5.97 Å². The maximum Gasteiger partial charge on any atom is 0.349 e. The van der Waals surface area contributed by atoms with Crippen LogP contribution in [0.4, 0.5) is 0 Å². The number of hydrogen-bond donors (Lipinski definition) is 1. The first-order chi connectivity index (χ1) is 8.97. The predicted molar refractivity (Wildman–Crippen MR) is 76.6 cm³/mol. The molecule has 2 rings (SSSR count). The summed E-state index contributed by atoms with van der Waals surface area (Å²) in [5.41, 5.74) is 0.954. The Bertz CT molecular complexity index is 586. The molecule has 0 bridgehead atoms. The smallest absolute Gasteiger partial charge is 0.349 e. The molecule has 0 spiro atoms. The van der Waals surface area contributed by atoms with Gasteiger partial charge >= 0.3 is 5.97 Å². The molecule has 1 N–H and O–H groups in total. The predicted octanol–water partition coefficient (Wildman–Crippen LogP) is 3.91. The summed E-state index contributed by atoms with van der Waals surface area (Å²) in [5.74, 6) is -0.209. The normalized spacial score (nSPS) is 10.9. The standard InChI is InChI=1S/C13H15NO3S2/c1-7(2)10-4-9(12(19-10)13(15)16)17-5-11-14-8(3)6-18-11/h4,6-7H,5H2,1-3H3,(H,15,16). The van der Waals surface area contributed by atoms with Crippen LogP contribution < -0.4 is 4.74 Å². The Labute approximate surface area is 119 Å². The van der Waals surface area contributed by atoms with Gasteiger partial charge in [-0.05, 0) is 18.9 Å². The van der Waals surface area contributed by atoms with Crippen LogP contribution in [-0.4, -0.2) is 16.1 Å². The van der Waals surface area contributed by atoms with Crippen molar-refractivity contribution in [2.24, 2.45) is 0 Å². The van der Waals surface area contributed by atoms with Crippen LogP contribution in [0.3, 0.4) is 0 Å². The first kappa shape index (κ1) is 14.0. The van der Waals surface area contributed by atoms with Crippen molar-refractivity contribution in [3.05, 3.63) is 31.9 Å². The molecule has 6 heteroatoms. The molecule has 0 radical (unpaired) electrons. The van der Waals surface area contributed by atoms with E-state index in [2.05, 4.69) is 4.98 Å². The van der Waals surface area contributed by atoms with Crippen LogP contribution >= 0.6 is 22.7 Å². The Morgan fingerprint density at radius 2 is 2.26 bits per heavy atom. The second-order valence-electron chi connectivity index (χ2n) is 4.47. The van der Waals surface area contributed by atoms with Gasteiger partial charge in [0.25, 0.3) is 0 Å². The third-order valence-corrected chi connectivity index (χ3v) is 4.84. The van der Waals surface area contributed by atoms with Gasteiger partial charge in [0.05, 0.1) is 0 Å². The number of aromatic carboxylic acids is 1. The van der Waals surface area contributed by atoms with E-state index in [4.69, 9.17) is 4.74 Å². The highest BCUT2D eigenvalue weighted by atomic mass is 32.1. The van der Waals surface area contributed by atoms with Crippen LogP contribution in [0.1, 0.15) is 45.0 Å². The highest BCUT2D eigenvalue weighted by Gasteiger charge is 2.18. The molecule has 0 aliphatic heterocycles. The highest BCUT2D eigenvalue weighted by molar-refractivity contribution is 7.14. The van der Waals surface area contributed by atoms with Gasteiger partial charge in [0.15, 0.2) is 4.88 Å².